The maximum absolute atomic E-state index is 10.4. The van der Waals surface area contributed by atoms with Crippen LogP contribution < -0.4 is 0 Å². The Labute approximate surface area is 85.8 Å². The fraction of sp³-hybridized carbons (Fsp3) is 0.182. The molecule has 0 aliphatic carbocycles. The van der Waals surface area contributed by atoms with E-state index in [1.165, 1.54) is 0 Å². The number of carbonyl (C=O) groups is 1. The maximum Gasteiger partial charge on any atom is 0.306 e. The van der Waals surface area contributed by atoms with Gasteiger partial charge in [0.05, 0.1) is 6.42 Å². The molecule has 0 aliphatic rings. The highest BCUT2D eigenvalue weighted by Gasteiger charge is 2.16. The number of carboxylic acid groups (broad SMARTS) is 1. The zero-order chi connectivity index (χ0) is 10.8. The number of rotatable bonds is 3. The van der Waals surface area contributed by atoms with E-state index in [1.54, 1.807) is 12.1 Å². The summed E-state index contributed by atoms with van der Waals surface area (Å²) in [6.45, 7) is 0. The molecule has 2 rings (SSSR count). The molecule has 4 heteroatoms. The van der Waals surface area contributed by atoms with Gasteiger partial charge in [0.1, 0.15) is 17.4 Å². The van der Waals surface area contributed by atoms with Gasteiger partial charge < -0.3 is 14.6 Å². The van der Waals surface area contributed by atoms with Gasteiger partial charge in [-0.1, -0.05) is 18.2 Å². The Kier molecular flexibility index (Phi) is 2.43. The van der Waals surface area contributed by atoms with Gasteiger partial charge in [-0.05, 0) is 12.1 Å². The molecule has 0 amide bonds. The van der Waals surface area contributed by atoms with Crippen LogP contribution in [0.25, 0.3) is 11.0 Å². The van der Waals surface area contributed by atoms with Crippen LogP contribution in [-0.4, -0.2) is 16.2 Å². The van der Waals surface area contributed by atoms with Crippen molar-refractivity contribution in [2.75, 3.05) is 0 Å². The van der Waals surface area contributed by atoms with Gasteiger partial charge in [0.15, 0.2) is 0 Å². The van der Waals surface area contributed by atoms with Crippen molar-refractivity contribution in [2.24, 2.45) is 0 Å². The van der Waals surface area contributed by atoms with Crippen LogP contribution in [0.3, 0.4) is 0 Å². The van der Waals surface area contributed by atoms with Gasteiger partial charge in [-0.15, -0.1) is 0 Å². The lowest BCUT2D eigenvalue weighted by molar-refractivity contribution is -0.139. The van der Waals surface area contributed by atoms with Crippen molar-refractivity contribution in [1.29, 1.82) is 0 Å². The highest BCUT2D eigenvalue weighted by atomic mass is 16.4. The molecule has 0 radical (unpaired) electrons. The second-order valence-electron chi connectivity index (χ2n) is 3.30. The molecule has 78 valence electrons. The van der Waals surface area contributed by atoms with Crippen LogP contribution in [0, 0.1) is 0 Å². The number of carboxylic acids is 1. The molecule has 2 N–H and O–H groups in total. The maximum atomic E-state index is 10.4. The van der Waals surface area contributed by atoms with Gasteiger partial charge in [0.25, 0.3) is 0 Å². The summed E-state index contributed by atoms with van der Waals surface area (Å²) in [7, 11) is 0. The minimum absolute atomic E-state index is 0.290. The van der Waals surface area contributed by atoms with Crippen LogP contribution in [0.1, 0.15) is 18.3 Å². The lowest BCUT2D eigenvalue weighted by atomic mass is 10.2. The first-order chi connectivity index (χ1) is 7.16. The molecule has 2 aromatic rings. The first-order valence-electron chi connectivity index (χ1n) is 4.55. The molecule has 0 spiro atoms. The standard InChI is InChI=1S/C11H10O4/c12-8(6-11(13)14)10-5-7-3-1-2-4-9(7)15-10/h1-5,8,12H,6H2,(H,13,14)/t8-/m1/s1. The molecule has 0 saturated carbocycles. The van der Waals surface area contributed by atoms with Gasteiger partial charge in [-0.25, -0.2) is 0 Å². The van der Waals surface area contributed by atoms with Crippen LogP contribution >= 0.6 is 0 Å². The van der Waals surface area contributed by atoms with E-state index >= 15 is 0 Å². The molecule has 0 unspecified atom stereocenters. The minimum atomic E-state index is -1.09. The van der Waals surface area contributed by atoms with Crippen molar-refractivity contribution >= 4 is 16.9 Å². The quantitative estimate of drug-likeness (QED) is 0.805. The molecule has 1 aromatic heterocycles. The highest BCUT2D eigenvalue weighted by molar-refractivity contribution is 5.78. The summed E-state index contributed by atoms with van der Waals surface area (Å²) in [6, 6.07) is 8.94. The van der Waals surface area contributed by atoms with Crippen molar-refractivity contribution < 1.29 is 19.4 Å². The number of fused-ring (bicyclic) bond motifs is 1. The van der Waals surface area contributed by atoms with E-state index in [0.29, 0.717) is 11.3 Å². The van der Waals surface area contributed by atoms with E-state index in [2.05, 4.69) is 0 Å². The zero-order valence-electron chi connectivity index (χ0n) is 7.88. The zero-order valence-corrected chi connectivity index (χ0v) is 7.88. The number of hydrogen-bond acceptors (Lipinski definition) is 3. The summed E-state index contributed by atoms with van der Waals surface area (Å²) in [4.78, 5) is 10.4. The lowest BCUT2D eigenvalue weighted by Crippen LogP contribution is -2.04. The van der Waals surface area contributed by atoms with Crippen LogP contribution in [0.5, 0.6) is 0 Å². The number of aliphatic hydroxyl groups excluding tert-OH is 1. The topological polar surface area (TPSA) is 70.7 Å². The summed E-state index contributed by atoms with van der Waals surface area (Å²) in [6.07, 6.45) is -1.44. The summed E-state index contributed by atoms with van der Waals surface area (Å²) >= 11 is 0. The number of aliphatic carboxylic acids is 1. The van der Waals surface area contributed by atoms with Crippen molar-refractivity contribution in [1.82, 2.24) is 0 Å². The largest absolute Gasteiger partial charge is 0.481 e. The molecule has 1 heterocycles. The Morgan fingerprint density at radius 3 is 2.80 bits per heavy atom. The fourth-order valence-electron chi connectivity index (χ4n) is 1.43. The second kappa shape index (κ2) is 3.74. The lowest BCUT2D eigenvalue weighted by Gasteiger charge is -2.02. The van der Waals surface area contributed by atoms with E-state index in [-0.39, 0.29) is 6.42 Å². The minimum Gasteiger partial charge on any atom is -0.481 e. The van der Waals surface area contributed by atoms with Crippen LogP contribution in [0.2, 0.25) is 0 Å². The van der Waals surface area contributed by atoms with Gasteiger partial charge in [0, 0.05) is 5.39 Å². The molecule has 15 heavy (non-hydrogen) atoms. The number of furan rings is 1. The van der Waals surface area contributed by atoms with Crippen molar-refractivity contribution in [3.05, 3.63) is 36.1 Å². The molecule has 0 bridgehead atoms. The molecule has 4 nitrogen and oxygen atoms in total. The van der Waals surface area contributed by atoms with Crippen molar-refractivity contribution in [2.45, 2.75) is 12.5 Å². The van der Waals surface area contributed by atoms with Crippen molar-refractivity contribution in [3.8, 4) is 0 Å². The molecular formula is C11H10O4. The normalized spacial score (nSPS) is 12.9. The average molecular weight is 206 g/mol. The third-order valence-corrected chi connectivity index (χ3v) is 2.14. The van der Waals surface area contributed by atoms with Crippen LogP contribution in [0.15, 0.2) is 34.7 Å². The second-order valence-corrected chi connectivity index (χ2v) is 3.30. The van der Waals surface area contributed by atoms with E-state index in [1.807, 2.05) is 18.2 Å². The third kappa shape index (κ3) is 1.99. The Morgan fingerprint density at radius 2 is 2.13 bits per heavy atom. The molecule has 0 fully saturated rings. The Bertz CT molecular complexity index is 453. The summed E-state index contributed by atoms with van der Waals surface area (Å²) in [5, 5.41) is 18.9. The predicted octanol–water partition coefficient (Wildman–Crippen LogP) is 1.94. The number of aliphatic hydroxyl groups is 1. The smallest absolute Gasteiger partial charge is 0.306 e. The fourth-order valence-corrected chi connectivity index (χ4v) is 1.43. The van der Waals surface area contributed by atoms with E-state index in [9.17, 15) is 9.90 Å². The average Bonchev–Trinajstić information content (AvgIpc) is 2.59. The number of benzene rings is 1. The summed E-state index contributed by atoms with van der Waals surface area (Å²) in [5.74, 6) is -0.762. The van der Waals surface area contributed by atoms with E-state index in [4.69, 9.17) is 9.52 Å². The molecule has 1 aromatic carbocycles. The van der Waals surface area contributed by atoms with Crippen LogP contribution in [0.4, 0.5) is 0 Å². The third-order valence-electron chi connectivity index (χ3n) is 2.14. The SMILES string of the molecule is O=C(O)C[C@@H](O)c1cc2ccccc2o1. The Balaban J connectivity index is 2.32. The molecule has 0 aliphatic heterocycles. The first kappa shape index (κ1) is 9.73. The number of para-hydroxylation sites is 1. The predicted molar refractivity (Wildman–Crippen MR) is 53.4 cm³/mol. The first-order valence-corrected chi connectivity index (χ1v) is 4.55. The molecule has 0 saturated heterocycles. The Hall–Kier alpha value is -1.81. The van der Waals surface area contributed by atoms with Gasteiger partial charge >= 0.3 is 5.97 Å². The van der Waals surface area contributed by atoms with Gasteiger partial charge in [0.2, 0.25) is 0 Å². The summed E-state index contributed by atoms with van der Waals surface area (Å²) < 4.78 is 5.32. The molecule has 1 atom stereocenters. The van der Waals surface area contributed by atoms with Crippen molar-refractivity contribution in [3.63, 3.8) is 0 Å². The monoisotopic (exact) mass is 206 g/mol. The highest BCUT2D eigenvalue weighted by Crippen LogP contribution is 2.25. The van der Waals surface area contributed by atoms with E-state index < -0.39 is 12.1 Å². The summed E-state index contributed by atoms with van der Waals surface area (Å²) in [5.41, 5.74) is 0.650. The van der Waals surface area contributed by atoms with Crippen LogP contribution in [-0.2, 0) is 4.79 Å². The number of hydrogen-bond donors (Lipinski definition) is 2. The van der Waals surface area contributed by atoms with E-state index in [0.717, 1.165) is 5.39 Å². The Morgan fingerprint density at radius 1 is 1.40 bits per heavy atom. The molecular weight excluding hydrogens is 196 g/mol. The van der Waals surface area contributed by atoms with Gasteiger partial charge in [-0.3, -0.25) is 4.79 Å². The van der Waals surface area contributed by atoms with Gasteiger partial charge in [-0.2, -0.15) is 0 Å².